The predicted molar refractivity (Wildman–Crippen MR) is 71.3 cm³/mol. The molecule has 1 aliphatic heterocycles. The summed E-state index contributed by atoms with van der Waals surface area (Å²) in [5.74, 6) is 0.347. The molecular formula is C13H19ClN2O. The topological polar surface area (TPSA) is 49.5 Å². The average Bonchev–Trinajstić information content (AvgIpc) is 2.77. The van der Waals surface area contributed by atoms with Gasteiger partial charge in [0.05, 0.1) is 6.10 Å². The van der Waals surface area contributed by atoms with Gasteiger partial charge in [0.2, 0.25) is 0 Å². The molecule has 2 unspecified atom stereocenters. The van der Waals surface area contributed by atoms with E-state index in [0.717, 1.165) is 35.8 Å². The highest BCUT2D eigenvalue weighted by Gasteiger charge is 2.27. The van der Waals surface area contributed by atoms with Crippen molar-refractivity contribution in [3.8, 4) is 0 Å². The molecule has 0 spiro atoms. The van der Waals surface area contributed by atoms with Crippen LogP contribution in [0, 0.1) is 5.92 Å². The SMILES string of the molecule is CC(O)C1CCN(c2cccc(Cl)c2CN)C1. The third-order valence-corrected chi connectivity index (χ3v) is 3.90. The number of anilines is 1. The third kappa shape index (κ3) is 2.57. The molecule has 1 saturated heterocycles. The molecular weight excluding hydrogens is 236 g/mol. The average molecular weight is 255 g/mol. The van der Waals surface area contributed by atoms with Crippen LogP contribution in [-0.4, -0.2) is 24.3 Å². The molecule has 17 heavy (non-hydrogen) atoms. The lowest BCUT2D eigenvalue weighted by atomic mass is 10.0. The number of aliphatic hydroxyl groups is 1. The van der Waals surface area contributed by atoms with Crippen molar-refractivity contribution < 1.29 is 5.11 Å². The van der Waals surface area contributed by atoms with Crippen LogP contribution in [0.15, 0.2) is 18.2 Å². The number of hydrogen-bond donors (Lipinski definition) is 2. The monoisotopic (exact) mass is 254 g/mol. The predicted octanol–water partition coefficient (Wildman–Crippen LogP) is 2.01. The summed E-state index contributed by atoms with van der Waals surface area (Å²) in [5, 5.41) is 10.3. The fourth-order valence-corrected chi connectivity index (χ4v) is 2.69. The van der Waals surface area contributed by atoms with E-state index in [1.54, 1.807) is 0 Å². The van der Waals surface area contributed by atoms with Gasteiger partial charge in [-0.15, -0.1) is 0 Å². The normalized spacial score (nSPS) is 21.9. The van der Waals surface area contributed by atoms with Gasteiger partial charge in [-0.2, -0.15) is 0 Å². The van der Waals surface area contributed by atoms with Crippen molar-refractivity contribution in [2.75, 3.05) is 18.0 Å². The smallest absolute Gasteiger partial charge is 0.0557 e. The number of nitrogens with zero attached hydrogens (tertiary/aromatic N) is 1. The quantitative estimate of drug-likeness (QED) is 0.868. The van der Waals surface area contributed by atoms with Crippen molar-refractivity contribution in [1.82, 2.24) is 0 Å². The molecule has 2 atom stereocenters. The summed E-state index contributed by atoms with van der Waals surface area (Å²) in [6.07, 6.45) is 0.772. The first-order valence-electron chi connectivity index (χ1n) is 6.04. The molecule has 2 rings (SSSR count). The van der Waals surface area contributed by atoms with E-state index in [1.807, 2.05) is 19.1 Å². The molecule has 3 N–H and O–H groups in total. The van der Waals surface area contributed by atoms with Crippen molar-refractivity contribution in [1.29, 1.82) is 0 Å². The minimum absolute atomic E-state index is 0.250. The van der Waals surface area contributed by atoms with Gasteiger partial charge in [0.15, 0.2) is 0 Å². The van der Waals surface area contributed by atoms with E-state index >= 15 is 0 Å². The Morgan fingerprint density at radius 1 is 1.59 bits per heavy atom. The molecule has 0 amide bonds. The fraction of sp³-hybridized carbons (Fsp3) is 0.538. The number of halogens is 1. The van der Waals surface area contributed by atoms with E-state index in [2.05, 4.69) is 11.0 Å². The molecule has 1 aromatic rings. The van der Waals surface area contributed by atoms with Gasteiger partial charge < -0.3 is 15.7 Å². The molecule has 3 nitrogen and oxygen atoms in total. The first-order valence-corrected chi connectivity index (χ1v) is 6.41. The van der Waals surface area contributed by atoms with Crippen LogP contribution in [0.3, 0.4) is 0 Å². The van der Waals surface area contributed by atoms with E-state index in [0.29, 0.717) is 12.5 Å². The Hall–Kier alpha value is -0.770. The highest BCUT2D eigenvalue weighted by Crippen LogP contribution is 2.31. The van der Waals surface area contributed by atoms with E-state index < -0.39 is 0 Å². The van der Waals surface area contributed by atoms with E-state index in [-0.39, 0.29) is 6.10 Å². The molecule has 0 saturated carbocycles. The van der Waals surface area contributed by atoms with Gasteiger partial charge in [-0.1, -0.05) is 17.7 Å². The Balaban J connectivity index is 2.21. The summed E-state index contributed by atoms with van der Waals surface area (Å²) in [4.78, 5) is 2.27. The van der Waals surface area contributed by atoms with E-state index in [4.69, 9.17) is 17.3 Å². The minimum atomic E-state index is -0.250. The summed E-state index contributed by atoms with van der Waals surface area (Å²) in [6.45, 7) is 4.15. The zero-order valence-electron chi connectivity index (χ0n) is 10.1. The van der Waals surface area contributed by atoms with Crippen LogP contribution in [0.4, 0.5) is 5.69 Å². The van der Waals surface area contributed by atoms with Crippen molar-refractivity contribution in [3.05, 3.63) is 28.8 Å². The number of benzene rings is 1. The zero-order chi connectivity index (χ0) is 12.4. The molecule has 0 aromatic heterocycles. The lowest BCUT2D eigenvalue weighted by Crippen LogP contribution is -2.25. The Kier molecular flexibility index (Phi) is 3.92. The Labute approximate surface area is 107 Å². The first kappa shape index (κ1) is 12.7. The largest absolute Gasteiger partial charge is 0.393 e. The minimum Gasteiger partial charge on any atom is -0.393 e. The summed E-state index contributed by atoms with van der Waals surface area (Å²) >= 11 is 6.15. The summed E-state index contributed by atoms with van der Waals surface area (Å²) < 4.78 is 0. The van der Waals surface area contributed by atoms with Gasteiger partial charge in [0.1, 0.15) is 0 Å². The second-order valence-corrected chi connectivity index (χ2v) is 5.08. The summed E-state index contributed by atoms with van der Waals surface area (Å²) in [7, 11) is 0. The number of hydrogen-bond acceptors (Lipinski definition) is 3. The highest BCUT2D eigenvalue weighted by molar-refractivity contribution is 6.31. The fourth-order valence-electron chi connectivity index (χ4n) is 2.45. The lowest BCUT2D eigenvalue weighted by Gasteiger charge is -2.23. The molecule has 1 heterocycles. The molecule has 1 aromatic carbocycles. The molecule has 94 valence electrons. The maximum Gasteiger partial charge on any atom is 0.0557 e. The Morgan fingerprint density at radius 2 is 2.35 bits per heavy atom. The van der Waals surface area contributed by atoms with Gasteiger partial charge in [0, 0.05) is 41.8 Å². The number of rotatable bonds is 3. The van der Waals surface area contributed by atoms with Crippen molar-refractivity contribution in [2.24, 2.45) is 11.7 Å². The van der Waals surface area contributed by atoms with Crippen LogP contribution in [0.5, 0.6) is 0 Å². The van der Waals surface area contributed by atoms with Gasteiger partial charge in [-0.3, -0.25) is 0 Å². The van der Waals surface area contributed by atoms with E-state index in [1.165, 1.54) is 0 Å². The zero-order valence-corrected chi connectivity index (χ0v) is 10.8. The maximum absolute atomic E-state index is 9.62. The summed E-state index contributed by atoms with van der Waals surface area (Å²) in [6, 6.07) is 5.88. The molecule has 1 aliphatic rings. The van der Waals surface area contributed by atoms with Gasteiger partial charge in [-0.25, -0.2) is 0 Å². The van der Waals surface area contributed by atoms with Crippen molar-refractivity contribution >= 4 is 17.3 Å². The number of nitrogens with two attached hydrogens (primary N) is 1. The lowest BCUT2D eigenvalue weighted by molar-refractivity contribution is 0.136. The van der Waals surface area contributed by atoms with E-state index in [9.17, 15) is 5.11 Å². The Bertz CT molecular complexity index is 395. The Morgan fingerprint density at radius 3 is 2.94 bits per heavy atom. The van der Waals surface area contributed by atoms with Crippen LogP contribution in [0.1, 0.15) is 18.9 Å². The van der Waals surface area contributed by atoms with Gasteiger partial charge in [-0.05, 0) is 25.5 Å². The van der Waals surface area contributed by atoms with Crippen molar-refractivity contribution in [3.63, 3.8) is 0 Å². The number of aliphatic hydroxyl groups excluding tert-OH is 1. The summed E-state index contributed by atoms with van der Waals surface area (Å²) in [5.41, 5.74) is 7.87. The molecule has 0 radical (unpaired) electrons. The molecule has 1 fully saturated rings. The van der Waals surface area contributed by atoms with Gasteiger partial charge in [0.25, 0.3) is 0 Å². The standard InChI is InChI=1S/C13H19ClN2O/c1-9(17)10-5-6-16(8-10)13-4-2-3-12(14)11(13)7-15/h2-4,9-10,17H,5-8,15H2,1H3. The van der Waals surface area contributed by atoms with Crippen LogP contribution >= 0.6 is 11.6 Å². The van der Waals surface area contributed by atoms with Crippen LogP contribution in [0.25, 0.3) is 0 Å². The molecule has 4 heteroatoms. The first-order chi connectivity index (χ1) is 8.13. The maximum atomic E-state index is 9.62. The molecule has 0 bridgehead atoms. The van der Waals surface area contributed by atoms with Crippen molar-refractivity contribution in [2.45, 2.75) is 26.0 Å². The second kappa shape index (κ2) is 5.25. The third-order valence-electron chi connectivity index (χ3n) is 3.55. The molecule has 0 aliphatic carbocycles. The van der Waals surface area contributed by atoms with Gasteiger partial charge >= 0.3 is 0 Å². The second-order valence-electron chi connectivity index (χ2n) is 4.68. The van der Waals surface area contributed by atoms with Crippen LogP contribution in [-0.2, 0) is 6.54 Å². The van der Waals surface area contributed by atoms with Crippen LogP contribution in [0.2, 0.25) is 5.02 Å². The highest BCUT2D eigenvalue weighted by atomic mass is 35.5. The van der Waals surface area contributed by atoms with Crippen LogP contribution < -0.4 is 10.6 Å².